The minimum Gasteiger partial charge on any atom is -0.338 e. The van der Waals surface area contributed by atoms with E-state index in [1.807, 2.05) is 18.2 Å². The number of hydrogen-bond donors (Lipinski definition) is 2. The Morgan fingerprint density at radius 3 is 2.72 bits per heavy atom. The average Bonchev–Trinajstić information content (AvgIpc) is 3.08. The first-order valence-electron chi connectivity index (χ1n) is 5.81. The largest absolute Gasteiger partial charge is 0.338 e. The van der Waals surface area contributed by atoms with Crippen molar-refractivity contribution in [1.29, 1.82) is 0 Å². The molecule has 94 valence electrons. The topological polar surface area (TPSA) is 63.0 Å². The zero-order valence-corrected chi connectivity index (χ0v) is 10.4. The monoisotopic (exact) mass is 264 g/mol. The molecule has 1 fully saturated rings. The third-order valence-electron chi connectivity index (χ3n) is 3.01. The third-order valence-corrected chi connectivity index (χ3v) is 3.25. The molecule has 3 rings (SSSR count). The maximum absolute atomic E-state index is 5.65. The summed E-state index contributed by atoms with van der Waals surface area (Å²) >= 11 is 5.65. The van der Waals surface area contributed by atoms with Crippen LogP contribution in [0.25, 0.3) is 0 Å². The fraction of sp³-hybridized carbons (Fsp3) is 0.333. The molecule has 0 aliphatic carbocycles. The lowest BCUT2D eigenvalue weighted by Crippen LogP contribution is -2.26. The van der Waals surface area contributed by atoms with Gasteiger partial charge >= 0.3 is 0 Å². The molecule has 2 aromatic rings. The lowest BCUT2D eigenvalue weighted by molar-refractivity contribution is 0.337. The van der Waals surface area contributed by atoms with Crippen molar-refractivity contribution in [2.75, 3.05) is 0 Å². The van der Waals surface area contributed by atoms with E-state index in [-0.39, 0.29) is 18.0 Å². The summed E-state index contributed by atoms with van der Waals surface area (Å²) in [4.78, 5) is 4.23. The van der Waals surface area contributed by atoms with Crippen molar-refractivity contribution in [2.24, 2.45) is 0 Å². The predicted octanol–water partition coefficient (Wildman–Crippen LogP) is 2.09. The van der Waals surface area contributed by atoms with Crippen LogP contribution in [0.1, 0.15) is 35.8 Å². The van der Waals surface area contributed by atoms with E-state index in [0.717, 1.165) is 6.42 Å². The SMILES string of the molecule is ClCc1noc(C2CC(c3ccccc3)NN2)n1. The van der Waals surface area contributed by atoms with Gasteiger partial charge in [0.15, 0.2) is 5.82 Å². The Bertz CT molecular complexity index is 516. The summed E-state index contributed by atoms with van der Waals surface area (Å²) in [5, 5.41) is 3.79. The molecule has 1 aliphatic heterocycles. The van der Waals surface area contributed by atoms with E-state index in [1.54, 1.807) is 0 Å². The molecule has 2 N–H and O–H groups in total. The Morgan fingerprint density at radius 2 is 2.00 bits per heavy atom. The molecular weight excluding hydrogens is 252 g/mol. The quantitative estimate of drug-likeness (QED) is 0.831. The summed E-state index contributed by atoms with van der Waals surface area (Å²) in [6, 6.07) is 10.5. The average molecular weight is 265 g/mol. The van der Waals surface area contributed by atoms with Gasteiger partial charge in [0.05, 0.1) is 5.88 Å². The highest BCUT2D eigenvalue weighted by molar-refractivity contribution is 6.16. The molecule has 5 nitrogen and oxygen atoms in total. The van der Waals surface area contributed by atoms with Crippen molar-refractivity contribution in [3.8, 4) is 0 Å². The van der Waals surface area contributed by atoms with E-state index in [4.69, 9.17) is 16.1 Å². The van der Waals surface area contributed by atoms with Gasteiger partial charge in [0.1, 0.15) is 6.04 Å². The van der Waals surface area contributed by atoms with Crippen LogP contribution in [0.4, 0.5) is 0 Å². The lowest BCUT2D eigenvalue weighted by atomic mass is 10.0. The van der Waals surface area contributed by atoms with E-state index >= 15 is 0 Å². The minimum absolute atomic E-state index is 0.0275. The molecule has 0 radical (unpaired) electrons. The standard InChI is InChI=1S/C12H13ClN4O/c13-7-11-14-12(18-17-11)10-6-9(15-16-10)8-4-2-1-3-5-8/h1-5,9-10,15-16H,6-7H2. The van der Waals surface area contributed by atoms with Gasteiger partial charge in [-0.25, -0.2) is 10.9 Å². The maximum atomic E-state index is 5.65. The van der Waals surface area contributed by atoms with Gasteiger partial charge in [0.2, 0.25) is 5.89 Å². The molecule has 0 bridgehead atoms. The highest BCUT2D eigenvalue weighted by atomic mass is 35.5. The molecule has 2 atom stereocenters. The molecule has 0 saturated carbocycles. The van der Waals surface area contributed by atoms with Gasteiger partial charge < -0.3 is 4.52 Å². The number of nitrogens with zero attached hydrogens (tertiary/aromatic N) is 2. The van der Waals surface area contributed by atoms with Crippen LogP contribution in [-0.4, -0.2) is 10.1 Å². The van der Waals surface area contributed by atoms with Crippen molar-refractivity contribution >= 4 is 11.6 Å². The Morgan fingerprint density at radius 1 is 1.22 bits per heavy atom. The van der Waals surface area contributed by atoms with Crippen LogP contribution in [-0.2, 0) is 5.88 Å². The van der Waals surface area contributed by atoms with Crippen LogP contribution < -0.4 is 10.9 Å². The highest BCUT2D eigenvalue weighted by Crippen LogP contribution is 2.29. The molecule has 1 aromatic carbocycles. The number of rotatable bonds is 3. The van der Waals surface area contributed by atoms with Crippen molar-refractivity contribution in [1.82, 2.24) is 21.0 Å². The number of benzene rings is 1. The van der Waals surface area contributed by atoms with Crippen LogP contribution in [0, 0.1) is 0 Å². The summed E-state index contributed by atoms with van der Waals surface area (Å²) in [5.74, 6) is 1.37. The van der Waals surface area contributed by atoms with Gasteiger partial charge in [-0.2, -0.15) is 4.98 Å². The van der Waals surface area contributed by atoms with Gasteiger partial charge in [-0.05, 0) is 12.0 Å². The van der Waals surface area contributed by atoms with Gasteiger partial charge in [-0.15, -0.1) is 11.6 Å². The number of hydrogen-bond acceptors (Lipinski definition) is 5. The summed E-state index contributed by atoms with van der Waals surface area (Å²) < 4.78 is 5.18. The molecule has 0 spiro atoms. The molecule has 2 unspecified atom stereocenters. The third kappa shape index (κ3) is 2.25. The first-order valence-corrected chi connectivity index (χ1v) is 6.34. The summed E-state index contributed by atoms with van der Waals surface area (Å²) in [7, 11) is 0. The molecule has 1 aliphatic rings. The molecule has 2 heterocycles. The van der Waals surface area contributed by atoms with E-state index in [9.17, 15) is 0 Å². The fourth-order valence-corrected chi connectivity index (χ4v) is 2.19. The highest BCUT2D eigenvalue weighted by Gasteiger charge is 2.29. The summed E-state index contributed by atoms with van der Waals surface area (Å²) in [6.45, 7) is 0. The van der Waals surface area contributed by atoms with Crippen LogP contribution >= 0.6 is 11.6 Å². The minimum atomic E-state index is 0.0275. The summed E-state index contributed by atoms with van der Waals surface area (Å²) in [5.41, 5.74) is 7.65. The fourth-order valence-electron chi connectivity index (χ4n) is 2.09. The number of halogens is 1. The Labute approximate surface area is 110 Å². The van der Waals surface area contributed by atoms with Crippen LogP contribution in [0.15, 0.2) is 34.9 Å². The van der Waals surface area contributed by atoms with Crippen LogP contribution in [0.5, 0.6) is 0 Å². The van der Waals surface area contributed by atoms with E-state index in [1.165, 1.54) is 5.56 Å². The number of alkyl halides is 1. The zero-order valence-electron chi connectivity index (χ0n) is 9.64. The van der Waals surface area contributed by atoms with Crippen molar-refractivity contribution in [2.45, 2.75) is 24.4 Å². The normalized spacial score (nSPS) is 23.4. The summed E-state index contributed by atoms with van der Waals surface area (Å²) in [6.07, 6.45) is 0.869. The van der Waals surface area contributed by atoms with E-state index in [0.29, 0.717) is 11.7 Å². The Hall–Kier alpha value is -1.43. The van der Waals surface area contributed by atoms with Crippen molar-refractivity contribution < 1.29 is 4.52 Å². The second-order valence-corrected chi connectivity index (χ2v) is 4.49. The second kappa shape index (κ2) is 5.06. The zero-order chi connectivity index (χ0) is 12.4. The van der Waals surface area contributed by atoms with E-state index in [2.05, 4.69) is 33.1 Å². The molecule has 18 heavy (non-hydrogen) atoms. The van der Waals surface area contributed by atoms with E-state index < -0.39 is 0 Å². The van der Waals surface area contributed by atoms with Crippen LogP contribution in [0.3, 0.4) is 0 Å². The number of aromatic nitrogens is 2. The smallest absolute Gasteiger partial charge is 0.245 e. The van der Waals surface area contributed by atoms with Gasteiger partial charge in [-0.1, -0.05) is 35.5 Å². The maximum Gasteiger partial charge on any atom is 0.245 e. The number of hydrazine groups is 1. The van der Waals surface area contributed by atoms with Crippen LogP contribution in [0.2, 0.25) is 0 Å². The molecular formula is C12H13ClN4O. The van der Waals surface area contributed by atoms with Gasteiger partial charge in [-0.3, -0.25) is 0 Å². The molecule has 1 saturated heterocycles. The second-order valence-electron chi connectivity index (χ2n) is 4.22. The molecule has 1 aromatic heterocycles. The van der Waals surface area contributed by atoms with Gasteiger partial charge in [0.25, 0.3) is 0 Å². The van der Waals surface area contributed by atoms with Crippen molar-refractivity contribution in [3.63, 3.8) is 0 Å². The molecule has 6 heteroatoms. The Kier molecular flexibility index (Phi) is 3.27. The lowest BCUT2D eigenvalue weighted by Gasteiger charge is -2.08. The number of nitrogens with one attached hydrogen (secondary N) is 2. The van der Waals surface area contributed by atoms with Gasteiger partial charge in [0, 0.05) is 6.04 Å². The first-order chi connectivity index (χ1) is 8.86. The van der Waals surface area contributed by atoms with Crippen molar-refractivity contribution in [3.05, 3.63) is 47.6 Å². The molecule has 0 amide bonds. The first kappa shape index (κ1) is 11.6. The Balaban J connectivity index is 1.72. The predicted molar refractivity (Wildman–Crippen MR) is 66.7 cm³/mol.